The fourth-order valence-corrected chi connectivity index (χ4v) is 4.92. The number of halogens is 1. The van der Waals surface area contributed by atoms with Crippen molar-refractivity contribution in [1.29, 1.82) is 0 Å². The van der Waals surface area contributed by atoms with Crippen LogP contribution in [0.4, 0.5) is 11.4 Å². The number of nitrogens with one attached hydrogen (secondary N) is 1. The van der Waals surface area contributed by atoms with Crippen molar-refractivity contribution in [3.63, 3.8) is 0 Å². The number of benzene rings is 1. The van der Waals surface area contributed by atoms with Crippen LogP contribution in [0.5, 0.6) is 0 Å². The number of anilines is 2. The predicted octanol–water partition coefficient (Wildman–Crippen LogP) is 1.27. The Labute approximate surface area is 135 Å². The van der Waals surface area contributed by atoms with E-state index in [9.17, 15) is 16.8 Å². The first-order chi connectivity index (χ1) is 10.2. The molecule has 0 atom stereocenters. The van der Waals surface area contributed by atoms with E-state index >= 15 is 0 Å². The van der Waals surface area contributed by atoms with E-state index in [1.54, 1.807) is 0 Å². The van der Waals surface area contributed by atoms with Gasteiger partial charge in [-0.05, 0) is 24.6 Å². The first kappa shape index (κ1) is 17.3. The van der Waals surface area contributed by atoms with Gasteiger partial charge in [0.15, 0.2) is 0 Å². The lowest BCUT2D eigenvalue weighted by Crippen LogP contribution is -2.25. The molecule has 10 heteroatoms. The van der Waals surface area contributed by atoms with Crippen LogP contribution in [0.15, 0.2) is 18.2 Å². The second-order valence-corrected chi connectivity index (χ2v) is 9.08. The summed E-state index contributed by atoms with van der Waals surface area (Å²) < 4.78 is 56.0. The third-order valence-electron chi connectivity index (χ3n) is 3.14. The molecule has 1 aliphatic heterocycles. The van der Waals surface area contributed by atoms with E-state index in [0.717, 1.165) is 0 Å². The van der Waals surface area contributed by atoms with E-state index in [0.29, 0.717) is 13.0 Å². The predicted molar refractivity (Wildman–Crippen MR) is 86.5 cm³/mol. The molecule has 124 valence electrons. The molecule has 22 heavy (non-hydrogen) atoms. The lowest BCUT2D eigenvalue weighted by molar-refractivity contribution is 0.217. The van der Waals surface area contributed by atoms with Crippen molar-refractivity contribution in [3.05, 3.63) is 23.2 Å². The molecule has 0 spiro atoms. The first-order valence-electron chi connectivity index (χ1n) is 6.54. The minimum Gasteiger partial charge on any atom is -0.384 e. The normalized spacial score (nSPS) is 17.6. The van der Waals surface area contributed by atoms with E-state index in [-0.39, 0.29) is 34.5 Å². The smallest absolute Gasteiger partial charge is 0.235 e. The van der Waals surface area contributed by atoms with Crippen molar-refractivity contribution in [2.45, 2.75) is 6.42 Å². The number of rotatable bonds is 6. The van der Waals surface area contributed by atoms with Crippen LogP contribution in [-0.2, 0) is 24.8 Å². The van der Waals surface area contributed by atoms with Crippen LogP contribution in [-0.4, -0.2) is 48.6 Å². The van der Waals surface area contributed by atoms with E-state index in [2.05, 4.69) is 4.72 Å². The van der Waals surface area contributed by atoms with Crippen LogP contribution in [0.25, 0.3) is 0 Å². The van der Waals surface area contributed by atoms with E-state index in [1.165, 1.54) is 29.6 Å². The Morgan fingerprint density at radius 3 is 2.73 bits per heavy atom. The van der Waals surface area contributed by atoms with Crippen molar-refractivity contribution in [3.8, 4) is 0 Å². The quantitative estimate of drug-likeness (QED) is 0.816. The van der Waals surface area contributed by atoms with Crippen LogP contribution in [0, 0.1) is 0 Å². The summed E-state index contributed by atoms with van der Waals surface area (Å²) in [5.74, 6) is -0.128. The summed E-state index contributed by atoms with van der Waals surface area (Å²) in [5, 5.41) is 0.255. The highest BCUT2D eigenvalue weighted by molar-refractivity contribution is 7.93. The number of sulfonamides is 2. The topological polar surface area (TPSA) is 92.8 Å². The molecule has 0 aromatic heterocycles. The van der Waals surface area contributed by atoms with Crippen molar-refractivity contribution in [2.75, 3.05) is 40.8 Å². The van der Waals surface area contributed by atoms with Gasteiger partial charge < -0.3 is 4.74 Å². The number of hydrogen-bond acceptors (Lipinski definition) is 5. The molecular weight excluding hydrogens is 352 g/mol. The molecular formula is C12H17ClN2O5S2. The summed E-state index contributed by atoms with van der Waals surface area (Å²) in [6.07, 6.45) is 0.516. The Kier molecular flexibility index (Phi) is 5.21. The fourth-order valence-electron chi connectivity index (χ4n) is 2.10. The summed E-state index contributed by atoms with van der Waals surface area (Å²) >= 11 is 6.06. The number of ether oxygens (including phenoxy) is 1. The maximum absolute atomic E-state index is 12.0. The lowest BCUT2D eigenvalue weighted by atomic mass is 10.3. The van der Waals surface area contributed by atoms with Crippen molar-refractivity contribution in [1.82, 2.24) is 0 Å². The van der Waals surface area contributed by atoms with E-state index < -0.39 is 20.0 Å². The Hall–Kier alpha value is -1.03. The second kappa shape index (κ2) is 6.61. The SMILES string of the molecule is COCCS(=O)(=O)Nc1ccc(Cl)c(N2CCCS2(=O)=O)c1. The van der Waals surface area contributed by atoms with E-state index in [1.807, 2.05) is 0 Å². The van der Waals surface area contributed by atoms with Gasteiger partial charge in [-0.15, -0.1) is 0 Å². The van der Waals surface area contributed by atoms with Gasteiger partial charge in [-0.2, -0.15) is 0 Å². The summed E-state index contributed by atoms with van der Waals surface area (Å²) in [6.45, 7) is 0.401. The maximum Gasteiger partial charge on any atom is 0.235 e. The second-order valence-electron chi connectivity index (χ2n) is 4.82. The van der Waals surface area contributed by atoms with Gasteiger partial charge in [0.05, 0.1) is 34.5 Å². The van der Waals surface area contributed by atoms with Crippen LogP contribution >= 0.6 is 11.6 Å². The highest BCUT2D eigenvalue weighted by atomic mass is 35.5. The summed E-state index contributed by atoms with van der Waals surface area (Å²) in [4.78, 5) is 0. The molecule has 2 rings (SSSR count). The van der Waals surface area contributed by atoms with Gasteiger partial charge in [-0.25, -0.2) is 16.8 Å². The Morgan fingerprint density at radius 2 is 2.14 bits per heavy atom. The minimum atomic E-state index is -3.56. The van der Waals surface area contributed by atoms with Crippen molar-refractivity contribution < 1.29 is 21.6 Å². The highest BCUT2D eigenvalue weighted by Gasteiger charge is 2.30. The molecule has 1 N–H and O–H groups in total. The summed E-state index contributed by atoms with van der Waals surface area (Å²) in [6, 6.07) is 4.38. The Balaban J connectivity index is 2.28. The van der Waals surface area contributed by atoms with Gasteiger partial charge in [-0.1, -0.05) is 11.6 Å². The monoisotopic (exact) mass is 368 g/mol. The standard InChI is InChI=1S/C12H17ClN2O5S2/c1-20-6-8-21(16,17)14-10-3-4-11(13)12(9-10)15-5-2-7-22(15,18)19/h3-4,9,14H,2,5-8H2,1H3. The molecule has 1 aromatic rings. The molecule has 1 fully saturated rings. The molecule has 0 amide bonds. The first-order valence-corrected chi connectivity index (χ1v) is 10.2. The molecule has 1 heterocycles. The minimum absolute atomic E-state index is 0.0626. The third-order valence-corrected chi connectivity index (χ3v) is 6.57. The summed E-state index contributed by atoms with van der Waals surface area (Å²) in [7, 11) is -5.54. The fraction of sp³-hybridized carbons (Fsp3) is 0.500. The lowest BCUT2D eigenvalue weighted by Gasteiger charge is -2.19. The molecule has 1 aromatic carbocycles. The van der Waals surface area contributed by atoms with Crippen molar-refractivity contribution in [2.24, 2.45) is 0 Å². The van der Waals surface area contributed by atoms with Gasteiger partial charge in [0.1, 0.15) is 0 Å². The van der Waals surface area contributed by atoms with Gasteiger partial charge in [0.2, 0.25) is 20.0 Å². The Morgan fingerprint density at radius 1 is 1.41 bits per heavy atom. The summed E-state index contributed by atoms with van der Waals surface area (Å²) in [5.41, 5.74) is 0.545. The van der Waals surface area contributed by atoms with Crippen LogP contribution in [0.1, 0.15) is 6.42 Å². The van der Waals surface area contributed by atoms with Gasteiger partial charge >= 0.3 is 0 Å². The zero-order valence-electron chi connectivity index (χ0n) is 12.0. The zero-order valence-corrected chi connectivity index (χ0v) is 14.3. The molecule has 0 saturated carbocycles. The average Bonchev–Trinajstić information content (AvgIpc) is 2.78. The van der Waals surface area contributed by atoms with Crippen LogP contribution in [0.3, 0.4) is 0 Å². The zero-order chi connectivity index (χ0) is 16.4. The molecule has 1 saturated heterocycles. The van der Waals surface area contributed by atoms with Crippen LogP contribution in [0.2, 0.25) is 5.02 Å². The number of methoxy groups -OCH3 is 1. The van der Waals surface area contributed by atoms with Gasteiger partial charge in [0.25, 0.3) is 0 Å². The number of nitrogens with zero attached hydrogens (tertiary/aromatic N) is 1. The molecule has 7 nitrogen and oxygen atoms in total. The van der Waals surface area contributed by atoms with Crippen LogP contribution < -0.4 is 9.03 Å². The number of hydrogen-bond donors (Lipinski definition) is 1. The molecule has 0 radical (unpaired) electrons. The van der Waals surface area contributed by atoms with E-state index in [4.69, 9.17) is 16.3 Å². The molecule has 0 aliphatic carbocycles. The third kappa shape index (κ3) is 4.03. The van der Waals surface area contributed by atoms with Crippen molar-refractivity contribution >= 4 is 43.0 Å². The maximum atomic E-state index is 12.0. The van der Waals surface area contributed by atoms with Gasteiger partial charge in [0, 0.05) is 13.7 Å². The molecule has 0 bridgehead atoms. The molecule has 1 aliphatic rings. The highest BCUT2D eigenvalue weighted by Crippen LogP contribution is 2.33. The largest absolute Gasteiger partial charge is 0.384 e. The molecule has 0 unspecified atom stereocenters. The average molecular weight is 369 g/mol. The van der Waals surface area contributed by atoms with Gasteiger partial charge in [-0.3, -0.25) is 9.03 Å². The Bertz CT molecular complexity index is 749.